The zero-order valence-corrected chi connectivity index (χ0v) is 19.1. The van der Waals surface area contributed by atoms with Crippen molar-refractivity contribution < 1.29 is 9.90 Å². The molecule has 0 spiro atoms. The molecule has 1 atom stereocenters. The average molecular weight is 461 g/mol. The van der Waals surface area contributed by atoms with Gasteiger partial charge >= 0.3 is 5.97 Å². The van der Waals surface area contributed by atoms with Gasteiger partial charge in [0.05, 0.1) is 4.75 Å². The van der Waals surface area contributed by atoms with E-state index in [2.05, 4.69) is 83.1 Å². The quantitative estimate of drug-likeness (QED) is 0.279. The maximum atomic E-state index is 11.9. The highest BCUT2D eigenvalue weighted by molar-refractivity contribution is 8.00. The van der Waals surface area contributed by atoms with Crippen molar-refractivity contribution in [1.82, 2.24) is 4.98 Å². The predicted octanol–water partition coefficient (Wildman–Crippen LogP) is 6.12. The van der Waals surface area contributed by atoms with Gasteiger partial charge in [-0.1, -0.05) is 91.0 Å². The van der Waals surface area contributed by atoms with E-state index in [9.17, 15) is 9.90 Å². The number of aliphatic carboxylic acids is 1. The Balaban J connectivity index is 1.69. The van der Waals surface area contributed by atoms with E-state index >= 15 is 0 Å². The average Bonchev–Trinajstić information content (AvgIpc) is 3.36. The number of anilines is 1. The van der Waals surface area contributed by atoms with Crippen LogP contribution in [0.15, 0.2) is 103 Å². The monoisotopic (exact) mass is 460 g/mol. The van der Waals surface area contributed by atoms with Gasteiger partial charge < -0.3 is 10.4 Å². The summed E-state index contributed by atoms with van der Waals surface area (Å²) in [4.78, 5) is 16.1. The smallest absolute Gasteiger partial charge is 0.326 e. The number of carboxylic acids is 1. The number of carbonyl (C=O) groups is 1. The summed E-state index contributed by atoms with van der Waals surface area (Å²) in [5, 5.41) is 15.3. The topological polar surface area (TPSA) is 62.2 Å². The zero-order valence-electron chi connectivity index (χ0n) is 17.4. The van der Waals surface area contributed by atoms with E-state index in [1.54, 1.807) is 18.0 Å². The number of thioether (sulfide) groups is 1. The third-order valence-electron chi connectivity index (χ3n) is 5.29. The van der Waals surface area contributed by atoms with Crippen LogP contribution in [0.2, 0.25) is 0 Å². The highest BCUT2D eigenvalue weighted by Crippen LogP contribution is 2.48. The molecule has 0 saturated heterocycles. The molecule has 1 aromatic heterocycles. The van der Waals surface area contributed by atoms with Crippen molar-refractivity contribution in [3.05, 3.63) is 119 Å². The summed E-state index contributed by atoms with van der Waals surface area (Å²) >= 11 is 3.17. The molecule has 162 valence electrons. The first-order valence-corrected chi connectivity index (χ1v) is 12.3. The molecule has 1 heterocycles. The van der Waals surface area contributed by atoms with Gasteiger partial charge in [-0.25, -0.2) is 9.78 Å². The fourth-order valence-electron chi connectivity index (χ4n) is 3.80. The minimum atomic E-state index is -0.870. The molecule has 0 amide bonds. The van der Waals surface area contributed by atoms with Gasteiger partial charge in [-0.15, -0.1) is 23.1 Å². The van der Waals surface area contributed by atoms with Crippen LogP contribution in [0, 0.1) is 0 Å². The Morgan fingerprint density at radius 1 is 0.906 bits per heavy atom. The Kier molecular flexibility index (Phi) is 7.24. The van der Waals surface area contributed by atoms with Gasteiger partial charge in [-0.3, -0.25) is 0 Å². The van der Waals surface area contributed by atoms with Crippen molar-refractivity contribution in [2.24, 2.45) is 0 Å². The third-order valence-corrected chi connectivity index (χ3v) is 7.58. The fourth-order valence-corrected chi connectivity index (χ4v) is 5.95. The number of nitrogens with zero attached hydrogens (tertiary/aromatic N) is 1. The molecule has 0 aliphatic heterocycles. The number of nitrogens with one attached hydrogen (secondary N) is 1. The third kappa shape index (κ3) is 4.87. The lowest BCUT2D eigenvalue weighted by molar-refractivity contribution is -0.137. The molecular weight excluding hydrogens is 436 g/mol. The van der Waals surface area contributed by atoms with Crippen LogP contribution in [0.3, 0.4) is 0 Å². The fraction of sp³-hybridized carbons (Fsp3) is 0.154. The molecule has 0 fully saturated rings. The Bertz CT molecular complexity index is 1010. The van der Waals surface area contributed by atoms with Crippen LogP contribution in [-0.2, 0) is 9.54 Å². The van der Waals surface area contributed by atoms with Gasteiger partial charge in [0.15, 0.2) is 5.13 Å². The van der Waals surface area contributed by atoms with Crippen molar-refractivity contribution in [1.29, 1.82) is 0 Å². The SMILES string of the molecule is O=C(O)C(CCSC(c1ccccc1)(c1ccccc1)c1ccccc1)Nc1nccs1. The Labute approximate surface area is 196 Å². The number of benzene rings is 3. The van der Waals surface area contributed by atoms with Crippen LogP contribution in [-0.4, -0.2) is 27.9 Å². The van der Waals surface area contributed by atoms with E-state index in [-0.39, 0.29) is 0 Å². The predicted molar refractivity (Wildman–Crippen MR) is 133 cm³/mol. The maximum Gasteiger partial charge on any atom is 0.326 e. The molecule has 1 unspecified atom stereocenters. The molecule has 0 saturated carbocycles. The number of hydrogen-bond acceptors (Lipinski definition) is 5. The second-order valence-electron chi connectivity index (χ2n) is 7.29. The van der Waals surface area contributed by atoms with E-state index in [1.165, 1.54) is 28.0 Å². The second-order valence-corrected chi connectivity index (χ2v) is 9.49. The van der Waals surface area contributed by atoms with Gasteiger partial charge in [0.2, 0.25) is 0 Å². The molecule has 3 aromatic carbocycles. The molecule has 32 heavy (non-hydrogen) atoms. The highest BCUT2D eigenvalue weighted by Gasteiger charge is 2.37. The molecule has 2 N–H and O–H groups in total. The highest BCUT2D eigenvalue weighted by atomic mass is 32.2. The molecule has 0 radical (unpaired) electrons. The first-order valence-electron chi connectivity index (χ1n) is 10.4. The lowest BCUT2D eigenvalue weighted by Crippen LogP contribution is -2.31. The lowest BCUT2D eigenvalue weighted by Gasteiger charge is -2.35. The number of carboxylic acid groups (broad SMARTS) is 1. The molecular formula is C26H24N2O2S2. The molecule has 0 bridgehead atoms. The summed E-state index contributed by atoms with van der Waals surface area (Å²) in [6.45, 7) is 0. The van der Waals surface area contributed by atoms with Crippen LogP contribution < -0.4 is 5.32 Å². The van der Waals surface area contributed by atoms with E-state index in [0.29, 0.717) is 17.3 Å². The molecule has 0 aliphatic carbocycles. The molecule has 4 aromatic rings. The number of thiazole rings is 1. The summed E-state index contributed by atoms with van der Waals surface area (Å²) in [5.74, 6) is -0.223. The molecule has 6 heteroatoms. The van der Waals surface area contributed by atoms with Crippen LogP contribution in [0.5, 0.6) is 0 Å². The van der Waals surface area contributed by atoms with Gasteiger partial charge in [0.25, 0.3) is 0 Å². The van der Waals surface area contributed by atoms with E-state index in [0.717, 1.165) is 0 Å². The van der Waals surface area contributed by atoms with E-state index in [4.69, 9.17) is 0 Å². The van der Waals surface area contributed by atoms with Gasteiger partial charge in [0, 0.05) is 11.6 Å². The first kappa shape index (κ1) is 22.1. The van der Waals surface area contributed by atoms with Crippen molar-refractivity contribution >= 4 is 34.2 Å². The normalized spacial score (nSPS) is 12.2. The van der Waals surface area contributed by atoms with Gasteiger partial charge in [-0.05, 0) is 28.9 Å². The Morgan fingerprint density at radius 3 is 1.81 bits per heavy atom. The van der Waals surface area contributed by atoms with E-state index in [1.807, 2.05) is 23.6 Å². The van der Waals surface area contributed by atoms with Crippen molar-refractivity contribution in [3.63, 3.8) is 0 Å². The van der Waals surface area contributed by atoms with Crippen LogP contribution >= 0.6 is 23.1 Å². The number of rotatable bonds is 10. The largest absolute Gasteiger partial charge is 0.480 e. The lowest BCUT2D eigenvalue weighted by atomic mass is 9.84. The number of aromatic nitrogens is 1. The van der Waals surface area contributed by atoms with Crippen molar-refractivity contribution in [2.75, 3.05) is 11.1 Å². The summed E-state index contributed by atoms with van der Waals surface area (Å²) in [5.41, 5.74) is 3.51. The molecule has 4 rings (SSSR count). The summed E-state index contributed by atoms with van der Waals surface area (Å²) in [7, 11) is 0. The zero-order chi connectivity index (χ0) is 22.2. The van der Waals surface area contributed by atoms with E-state index < -0.39 is 16.8 Å². The summed E-state index contributed by atoms with van der Waals surface area (Å²) < 4.78 is -0.450. The molecule has 4 nitrogen and oxygen atoms in total. The standard InChI is InChI=1S/C26H24N2O2S2/c29-24(30)23(28-25-27-17-19-31-25)16-18-32-26(20-10-4-1-5-11-20,21-12-6-2-7-13-21)22-14-8-3-9-15-22/h1-15,17,19,23H,16,18H2,(H,27,28)(H,29,30). The van der Waals surface area contributed by atoms with Crippen LogP contribution in [0.25, 0.3) is 0 Å². The van der Waals surface area contributed by atoms with Gasteiger partial charge in [-0.2, -0.15) is 0 Å². The Hall–Kier alpha value is -3.09. The Morgan fingerprint density at radius 2 is 1.41 bits per heavy atom. The first-order chi connectivity index (χ1) is 15.7. The number of hydrogen-bond donors (Lipinski definition) is 2. The van der Waals surface area contributed by atoms with Gasteiger partial charge in [0.1, 0.15) is 6.04 Å². The summed E-state index contributed by atoms with van der Waals surface area (Å²) in [6.07, 6.45) is 2.14. The molecule has 0 aliphatic rings. The van der Waals surface area contributed by atoms with Crippen molar-refractivity contribution in [3.8, 4) is 0 Å². The van der Waals surface area contributed by atoms with Crippen LogP contribution in [0.4, 0.5) is 5.13 Å². The summed E-state index contributed by atoms with van der Waals surface area (Å²) in [6, 6.07) is 30.6. The van der Waals surface area contributed by atoms with Crippen molar-refractivity contribution in [2.45, 2.75) is 17.2 Å². The minimum absolute atomic E-state index is 0.450. The van der Waals surface area contributed by atoms with Crippen LogP contribution in [0.1, 0.15) is 23.1 Å². The maximum absolute atomic E-state index is 11.9. The minimum Gasteiger partial charge on any atom is -0.480 e. The second kappa shape index (κ2) is 10.5.